The van der Waals surface area contributed by atoms with Crippen LogP contribution in [-0.2, 0) is 24.4 Å². The summed E-state index contributed by atoms with van der Waals surface area (Å²) in [6, 6.07) is 4.14. The summed E-state index contributed by atoms with van der Waals surface area (Å²) in [7, 11) is -4.02. The Balaban J connectivity index is 1.37. The van der Waals surface area contributed by atoms with Crippen molar-refractivity contribution in [1.82, 2.24) is 30.0 Å². The van der Waals surface area contributed by atoms with Crippen LogP contribution < -0.4 is 25.7 Å². The minimum atomic E-state index is -4.02. The van der Waals surface area contributed by atoms with Crippen LogP contribution in [0, 0.1) is 17.8 Å². The number of aromatic nitrogens is 2. The van der Waals surface area contributed by atoms with Crippen LogP contribution in [0.5, 0.6) is 5.88 Å². The maximum Gasteiger partial charge on any atom is 0.405 e. The molecule has 6 rings (SSSR count). The fourth-order valence-corrected chi connectivity index (χ4v) is 8.81. The van der Waals surface area contributed by atoms with Gasteiger partial charge in [-0.3, -0.25) is 23.9 Å². The Bertz CT molecular complexity index is 1980. The van der Waals surface area contributed by atoms with Crippen LogP contribution >= 0.6 is 0 Å². The Morgan fingerprint density at radius 1 is 1.10 bits per heavy atom. The average Bonchev–Trinajstić information content (AvgIpc) is 3.96. The van der Waals surface area contributed by atoms with E-state index in [9.17, 15) is 37.5 Å². The number of sulfonamides is 1. The summed E-state index contributed by atoms with van der Waals surface area (Å²) in [6.45, 7) is 8.87. The number of hydrogen-bond donors (Lipinski definition) is 4. The van der Waals surface area contributed by atoms with Gasteiger partial charge in [0.25, 0.3) is 11.5 Å². The van der Waals surface area contributed by atoms with Gasteiger partial charge in [-0.2, -0.15) is 0 Å². The van der Waals surface area contributed by atoms with E-state index < -0.39 is 74.1 Å². The molecule has 4 amide bonds. The second-order valence-corrected chi connectivity index (χ2v) is 17.8. The smallest absolute Gasteiger partial charge is 0.405 e. The Labute approximate surface area is 302 Å². The predicted octanol–water partition coefficient (Wildman–Crippen LogP) is 2.85. The van der Waals surface area contributed by atoms with Crippen molar-refractivity contribution >= 4 is 44.6 Å². The van der Waals surface area contributed by atoms with Crippen LogP contribution in [0.1, 0.15) is 85.6 Å². The summed E-state index contributed by atoms with van der Waals surface area (Å²) < 4.78 is 35.1. The zero-order valence-corrected chi connectivity index (χ0v) is 30.9. The minimum Gasteiger partial charge on any atom is -0.471 e. The highest BCUT2D eigenvalue weighted by Gasteiger charge is 2.63. The van der Waals surface area contributed by atoms with Gasteiger partial charge in [0.1, 0.15) is 23.7 Å². The van der Waals surface area contributed by atoms with Crippen molar-refractivity contribution in [2.45, 2.75) is 114 Å². The lowest BCUT2D eigenvalue weighted by molar-refractivity contribution is -0.142. The lowest BCUT2D eigenvalue weighted by atomic mass is 9.88. The van der Waals surface area contributed by atoms with E-state index in [1.54, 1.807) is 38.1 Å². The van der Waals surface area contributed by atoms with Crippen molar-refractivity contribution in [3.05, 3.63) is 46.8 Å². The van der Waals surface area contributed by atoms with Gasteiger partial charge in [0, 0.05) is 12.3 Å². The summed E-state index contributed by atoms with van der Waals surface area (Å²) in [6.07, 6.45) is 4.38. The molecule has 4 N–H and O–H groups in total. The van der Waals surface area contributed by atoms with Gasteiger partial charge in [-0.15, -0.1) is 5.10 Å². The van der Waals surface area contributed by atoms with E-state index >= 15 is 0 Å². The third-order valence-corrected chi connectivity index (χ3v) is 13.2. The lowest BCUT2D eigenvalue weighted by Gasteiger charge is -2.32. The number of fused-ring (bicyclic) bond motifs is 3. The number of carbonyl (C=O) groups excluding carboxylic acids is 3. The number of ether oxygens (including phenoxy) is 1. The van der Waals surface area contributed by atoms with Crippen LogP contribution in [0.3, 0.4) is 0 Å². The molecule has 4 aliphatic rings. The van der Waals surface area contributed by atoms with Crippen LogP contribution in [-0.4, -0.2) is 87.0 Å². The normalized spacial score (nSPS) is 30.4. The van der Waals surface area contributed by atoms with E-state index in [4.69, 9.17) is 4.74 Å². The number of benzene rings is 1. The fraction of sp³-hybridized carbons (Fsp3) is 0.611. The molecule has 1 aromatic carbocycles. The van der Waals surface area contributed by atoms with Gasteiger partial charge in [0.15, 0.2) is 0 Å². The van der Waals surface area contributed by atoms with Crippen LogP contribution in [0.25, 0.3) is 10.8 Å². The van der Waals surface area contributed by atoms with Crippen LogP contribution in [0.4, 0.5) is 4.79 Å². The molecule has 0 radical (unpaired) electrons. The summed E-state index contributed by atoms with van der Waals surface area (Å²) >= 11 is 0. The molecule has 282 valence electrons. The molecule has 15 nitrogen and oxygen atoms in total. The van der Waals surface area contributed by atoms with Gasteiger partial charge >= 0.3 is 6.09 Å². The highest BCUT2D eigenvalue weighted by Crippen LogP contribution is 2.47. The Kier molecular flexibility index (Phi) is 9.91. The first-order valence-corrected chi connectivity index (χ1v) is 19.5. The molecule has 1 aromatic heterocycles. The standard InChI is InChI=1S/C36H48N6O9S/c1-20(2)42-31(44)26-13-9-8-12-25(26)30(39-42)51-24-17-27-29(43)38-36(33(46)40-52(49,50)35(5)14-15-35)18-23(36)11-7-6-10-21(3)16-22(4)28(37-34(47)48)32(45)41(27)19-24/h7-9,11-13,20-24,27-28,37H,6,10,14-19H2,1-5H3,(H,38,43)(H,40,46)(H,47,48)/t21-,22-,23-,24-,27+,28+,36-/m1/s1. The molecule has 2 saturated carbocycles. The van der Waals surface area contributed by atoms with Gasteiger partial charge < -0.3 is 25.4 Å². The van der Waals surface area contributed by atoms with Crippen molar-refractivity contribution in [2.24, 2.45) is 17.8 Å². The molecule has 52 heavy (non-hydrogen) atoms. The van der Waals surface area contributed by atoms with E-state index in [-0.39, 0.29) is 42.8 Å². The van der Waals surface area contributed by atoms with Gasteiger partial charge in [0.05, 0.1) is 28.1 Å². The first kappa shape index (κ1) is 37.3. The van der Waals surface area contributed by atoms with Crippen molar-refractivity contribution < 1.29 is 37.4 Å². The third-order valence-electron chi connectivity index (χ3n) is 11.1. The van der Waals surface area contributed by atoms with Crippen molar-refractivity contribution in [3.8, 4) is 5.88 Å². The number of nitrogens with zero attached hydrogens (tertiary/aromatic N) is 3. The fourth-order valence-electron chi connectivity index (χ4n) is 7.50. The summed E-state index contributed by atoms with van der Waals surface area (Å²) in [5.74, 6) is -2.84. The molecule has 2 aliphatic carbocycles. The zero-order valence-electron chi connectivity index (χ0n) is 30.1. The Morgan fingerprint density at radius 3 is 2.44 bits per heavy atom. The van der Waals surface area contributed by atoms with E-state index in [0.717, 1.165) is 6.42 Å². The molecular formula is C36H48N6O9S. The number of rotatable bonds is 7. The molecule has 16 heteroatoms. The molecule has 2 aliphatic heterocycles. The first-order chi connectivity index (χ1) is 24.5. The molecule has 0 bridgehead atoms. The molecular weight excluding hydrogens is 692 g/mol. The topological polar surface area (TPSA) is 206 Å². The van der Waals surface area contributed by atoms with Gasteiger partial charge in [-0.1, -0.05) is 38.1 Å². The predicted molar refractivity (Wildman–Crippen MR) is 191 cm³/mol. The van der Waals surface area contributed by atoms with E-state index in [1.165, 1.54) is 9.58 Å². The molecule has 0 spiro atoms. The van der Waals surface area contributed by atoms with Crippen molar-refractivity contribution in [3.63, 3.8) is 0 Å². The maximum absolute atomic E-state index is 14.4. The summed E-state index contributed by atoms with van der Waals surface area (Å²) in [5, 5.41) is 20.3. The number of carboxylic acid groups (broad SMARTS) is 1. The minimum absolute atomic E-state index is 0.0481. The third kappa shape index (κ3) is 7.13. The second-order valence-electron chi connectivity index (χ2n) is 15.6. The average molecular weight is 741 g/mol. The highest BCUT2D eigenvalue weighted by atomic mass is 32.2. The number of hydrogen-bond acceptors (Lipinski definition) is 9. The first-order valence-electron chi connectivity index (χ1n) is 18.0. The number of carbonyl (C=O) groups is 4. The van der Waals surface area contributed by atoms with Gasteiger partial charge in [0.2, 0.25) is 27.7 Å². The second kappa shape index (κ2) is 13.8. The SMILES string of the molecule is CC(C)n1nc(O[C@@H]2C[C@H]3C(=O)N[C@]4(C(=O)NS(=O)(=O)C5(C)CC5)C[C@H]4C=CCC[C@@H](C)C[C@@H](C)[C@H](NC(=O)O)C(=O)N3C2)c2ccccc2c1=O. The Morgan fingerprint density at radius 2 is 1.79 bits per heavy atom. The quantitative estimate of drug-likeness (QED) is 0.306. The molecule has 0 unspecified atom stereocenters. The van der Waals surface area contributed by atoms with E-state index in [0.29, 0.717) is 36.5 Å². The highest BCUT2D eigenvalue weighted by molar-refractivity contribution is 7.91. The molecule has 3 heterocycles. The van der Waals surface area contributed by atoms with Crippen molar-refractivity contribution in [1.29, 1.82) is 0 Å². The van der Waals surface area contributed by atoms with Crippen LogP contribution in [0.2, 0.25) is 0 Å². The van der Waals surface area contributed by atoms with Crippen LogP contribution in [0.15, 0.2) is 41.2 Å². The van der Waals surface area contributed by atoms with Gasteiger partial charge in [-0.05, 0) is 83.3 Å². The summed E-state index contributed by atoms with van der Waals surface area (Å²) in [4.78, 5) is 69.0. The monoisotopic (exact) mass is 740 g/mol. The van der Waals surface area contributed by atoms with E-state index in [1.807, 2.05) is 32.9 Å². The van der Waals surface area contributed by atoms with Crippen molar-refractivity contribution in [2.75, 3.05) is 6.54 Å². The molecule has 2 aromatic rings. The molecule has 1 saturated heterocycles. The summed E-state index contributed by atoms with van der Waals surface area (Å²) in [5.41, 5.74) is -1.87. The maximum atomic E-state index is 14.4. The largest absolute Gasteiger partial charge is 0.471 e. The molecule has 7 atom stereocenters. The number of nitrogens with one attached hydrogen (secondary N) is 3. The number of allylic oxidation sites excluding steroid dienone is 1. The lowest BCUT2D eigenvalue weighted by Crippen LogP contribution is -2.59. The number of amides is 4. The zero-order chi connectivity index (χ0) is 37.7. The van der Waals surface area contributed by atoms with Gasteiger partial charge in [-0.25, -0.2) is 17.9 Å². The molecule has 3 fully saturated rings. The Hall–Kier alpha value is -4.47. The van der Waals surface area contributed by atoms with E-state index in [2.05, 4.69) is 20.5 Å².